The zero-order chi connectivity index (χ0) is 19.2. The predicted octanol–water partition coefficient (Wildman–Crippen LogP) is 4.59. The van der Waals surface area contributed by atoms with Gasteiger partial charge in [-0.1, -0.05) is 42.5 Å². The second-order valence-electron chi connectivity index (χ2n) is 8.49. The Bertz CT molecular complexity index is 975. The van der Waals surface area contributed by atoms with Crippen molar-refractivity contribution >= 4 is 15.7 Å². The molecule has 0 aromatic heterocycles. The number of hydrogen-bond acceptors (Lipinski definition) is 3. The average Bonchev–Trinajstić information content (AvgIpc) is 3.09. The number of allylic oxidation sites excluding steroid dienone is 2. The lowest BCUT2D eigenvalue weighted by atomic mass is 9.77. The maximum absolute atomic E-state index is 12.8. The van der Waals surface area contributed by atoms with Gasteiger partial charge in [-0.25, -0.2) is 13.1 Å². The first kappa shape index (κ1) is 18.3. The Balaban J connectivity index is 1.73. The van der Waals surface area contributed by atoms with Gasteiger partial charge in [-0.05, 0) is 62.4 Å². The van der Waals surface area contributed by atoms with Gasteiger partial charge in [0.1, 0.15) is 0 Å². The molecule has 3 atom stereocenters. The summed E-state index contributed by atoms with van der Waals surface area (Å²) < 4.78 is 28.3. The van der Waals surface area contributed by atoms with Crippen LogP contribution in [-0.4, -0.2) is 14.0 Å². The summed E-state index contributed by atoms with van der Waals surface area (Å²) in [6.45, 7) is 5.56. The van der Waals surface area contributed by atoms with Gasteiger partial charge in [0.2, 0.25) is 10.0 Å². The topological polar surface area (TPSA) is 58.2 Å². The van der Waals surface area contributed by atoms with E-state index >= 15 is 0 Å². The normalized spacial score (nSPS) is 24.2. The molecule has 142 valence electrons. The molecular weight excluding hydrogens is 356 g/mol. The van der Waals surface area contributed by atoms with Crippen molar-refractivity contribution in [2.75, 3.05) is 5.32 Å². The van der Waals surface area contributed by atoms with Crippen LogP contribution in [0.1, 0.15) is 50.3 Å². The van der Waals surface area contributed by atoms with Crippen LogP contribution in [0.4, 0.5) is 5.69 Å². The highest BCUT2D eigenvalue weighted by atomic mass is 32.2. The van der Waals surface area contributed by atoms with Crippen molar-refractivity contribution in [1.82, 2.24) is 4.72 Å². The van der Waals surface area contributed by atoms with Crippen molar-refractivity contribution in [2.45, 2.75) is 49.6 Å². The number of sulfonamides is 1. The molecule has 1 heterocycles. The molecule has 4 rings (SSSR count). The van der Waals surface area contributed by atoms with Gasteiger partial charge in [0.25, 0.3) is 0 Å². The molecule has 2 aromatic carbocycles. The third kappa shape index (κ3) is 3.54. The molecule has 0 saturated carbocycles. The van der Waals surface area contributed by atoms with Crippen LogP contribution in [0.25, 0.3) is 0 Å². The van der Waals surface area contributed by atoms with Crippen molar-refractivity contribution in [2.24, 2.45) is 5.92 Å². The number of hydrogen-bond donors (Lipinski definition) is 2. The minimum atomic E-state index is -3.55. The Hall–Kier alpha value is -2.11. The van der Waals surface area contributed by atoms with Gasteiger partial charge in [0.05, 0.1) is 10.9 Å². The van der Waals surface area contributed by atoms with Crippen molar-refractivity contribution in [3.05, 3.63) is 71.8 Å². The van der Waals surface area contributed by atoms with E-state index in [1.807, 2.05) is 39.0 Å². The number of fused-ring (bicyclic) bond motifs is 3. The minimum Gasteiger partial charge on any atom is -0.378 e. The van der Waals surface area contributed by atoms with Crippen LogP contribution in [0.3, 0.4) is 0 Å². The van der Waals surface area contributed by atoms with Crippen LogP contribution in [-0.2, 0) is 10.0 Å². The van der Waals surface area contributed by atoms with Gasteiger partial charge in [0.15, 0.2) is 0 Å². The Labute approximate surface area is 161 Å². The number of anilines is 1. The Kier molecular flexibility index (Phi) is 4.40. The maximum atomic E-state index is 12.8. The van der Waals surface area contributed by atoms with Gasteiger partial charge in [-0.2, -0.15) is 0 Å². The molecule has 0 bridgehead atoms. The Morgan fingerprint density at radius 1 is 1.07 bits per heavy atom. The summed E-state index contributed by atoms with van der Waals surface area (Å²) in [5, 5.41) is 3.66. The van der Waals surface area contributed by atoms with Gasteiger partial charge >= 0.3 is 0 Å². The maximum Gasteiger partial charge on any atom is 0.241 e. The van der Waals surface area contributed by atoms with E-state index in [1.165, 1.54) is 5.56 Å². The fraction of sp³-hybridized carbons (Fsp3) is 0.364. The summed E-state index contributed by atoms with van der Waals surface area (Å²) in [7, 11) is -3.55. The minimum absolute atomic E-state index is 0.230. The van der Waals surface area contributed by atoms with Crippen molar-refractivity contribution in [3.8, 4) is 0 Å². The Morgan fingerprint density at radius 2 is 1.81 bits per heavy atom. The highest BCUT2D eigenvalue weighted by molar-refractivity contribution is 7.89. The lowest BCUT2D eigenvalue weighted by Gasteiger charge is -2.37. The van der Waals surface area contributed by atoms with Gasteiger partial charge < -0.3 is 5.32 Å². The summed E-state index contributed by atoms with van der Waals surface area (Å²) in [5.74, 6) is 0.629. The molecule has 3 unspecified atom stereocenters. The number of nitrogens with one attached hydrogen (secondary N) is 2. The molecule has 2 aliphatic rings. The molecule has 1 aliphatic carbocycles. The van der Waals surface area contributed by atoms with E-state index in [2.05, 4.69) is 46.5 Å². The summed E-state index contributed by atoms with van der Waals surface area (Å²) >= 11 is 0. The summed E-state index contributed by atoms with van der Waals surface area (Å²) in [6, 6.07) is 16.2. The molecule has 4 nitrogen and oxygen atoms in total. The Morgan fingerprint density at radius 3 is 2.52 bits per heavy atom. The standard InChI is InChI=1S/C22H26N2O2S/c1-22(2,3)24-27(25,26)16-12-13-20-19(14-16)17-10-7-11-18(17)21(23-20)15-8-5-4-6-9-15/h4-10,12-14,17-18,21,23-24H,11H2,1-3H3. The largest absolute Gasteiger partial charge is 0.378 e. The van der Waals surface area contributed by atoms with E-state index < -0.39 is 15.6 Å². The van der Waals surface area contributed by atoms with E-state index in [1.54, 1.807) is 6.07 Å². The highest BCUT2D eigenvalue weighted by Gasteiger charge is 2.38. The third-order valence-electron chi connectivity index (χ3n) is 5.24. The van der Waals surface area contributed by atoms with Crippen molar-refractivity contribution in [1.29, 1.82) is 0 Å². The third-order valence-corrected chi connectivity index (χ3v) is 7.00. The van der Waals surface area contributed by atoms with Crippen LogP contribution in [0.5, 0.6) is 0 Å². The van der Waals surface area contributed by atoms with Crippen LogP contribution >= 0.6 is 0 Å². The molecule has 0 radical (unpaired) electrons. The highest BCUT2D eigenvalue weighted by Crippen LogP contribution is 2.50. The van der Waals surface area contributed by atoms with Gasteiger partial charge in [-0.3, -0.25) is 0 Å². The molecule has 27 heavy (non-hydrogen) atoms. The fourth-order valence-electron chi connectivity index (χ4n) is 4.19. The van der Waals surface area contributed by atoms with Crippen molar-refractivity contribution in [3.63, 3.8) is 0 Å². The molecular formula is C22H26N2O2S. The summed E-state index contributed by atoms with van der Waals surface area (Å²) in [6.07, 6.45) is 5.44. The van der Waals surface area contributed by atoms with E-state index in [4.69, 9.17) is 0 Å². The van der Waals surface area contributed by atoms with E-state index in [0.717, 1.165) is 17.7 Å². The van der Waals surface area contributed by atoms with E-state index in [9.17, 15) is 8.42 Å². The molecule has 0 saturated heterocycles. The number of benzene rings is 2. The molecule has 0 fully saturated rings. The first-order valence-corrected chi connectivity index (χ1v) is 10.9. The number of rotatable bonds is 3. The summed E-state index contributed by atoms with van der Waals surface area (Å²) in [5.41, 5.74) is 2.85. The lowest BCUT2D eigenvalue weighted by Crippen LogP contribution is -2.40. The molecule has 2 N–H and O–H groups in total. The van der Waals surface area contributed by atoms with E-state index in [-0.39, 0.29) is 12.0 Å². The first-order valence-electron chi connectivity index (χ1n) is 9.41. The molecule has 1 aliphatic heterocycles. The quantitative estimate of drug-likeness (QED) is 0.764. The monoisotopic (exact) mass is 382 g/mol. The molecule has 2 aromatic rings. The summed E-state index contributed by atoms with van der Waals surface area (Å²) in [4.78, 5) is 0.329. The first-order chi connectivity index (χ1) is 12.7. The predicted molar refractivity (Wildman–Crippen MR) is 109 cm³/mol. The zero-order valence-electron chi connectivity index (χ0n) is 15.9. The van der Waals surface area contributed by atoms with Gasteiger partial charge in [-0.15, -0.1) is 0 Å². The second-order valence-corrected chi connectivity index (χ2v) is 10.2. The van der Waals surface area contributed by atoms with Gasteiger partial charge in [0, 0.05) is 17.1 Å². The van der Waals surface area contributed by atoms with Crippen LogP contribution in [0.15, 0.2) is 65.6 Å². The molecule has 0 amide bonds. The molecule has 0 spiro atoms. The smallest absolute Gasteiger partial charge is 0.241 e. The second kappa shape index (κ2) is 6.50. The molecule has 5 heteroatoms. The zero-order valence-corrected chi connectivity index (χ0v) is 16.8. The van der Waals surface area contributed by atoms with Crippen molar-refractivity contribution < 1.29 is 8.42 Å². The lowest BCUT2D eigenvalue weighted by molar-refractivity contribution is 0.425. The van der Waals surface area contributed by atoms with E-state index in [0.29, 0.717) is 10.8 Å². The van der Waals surface area contributed by atoms with Crippen LogP contribution < -0.4 is 10.0 Å². The van der Waals surface area contributed by atoms with Crippen LogP contribution in [0.2, 0.25) is 0 Å². The fourth-order valence-corrected chi connectivity index (χ4v) is 5.65. The SMILES string of the molecule is CC(C)(C)NS(=O)(=O)c1ccc2c(c1)C1C=CCC1C(c1ccccc1)N2. The average molecular weight is 383 g/mol. The van der Waals surface area contributed by atoms with Crippen LogP contribution in [0, 0.1) is 5.92 Å².